The molecule has 15 nitrogen and oxygen atoms in total. The van der Waals surface area contributed by atoms with Crippen LogP contribution in [0, 0.1) is 5.41 Å². The Morgan fingerprint density at radius 2 is 1.85 bits per heavy atom. The van der Waals surface area contributed by atoms with Crippen LogP contribution in [0.5, 0.6) is 5.75 Å². The van der Waals surface area contributed by atoms with Crippen LogP contribution in [0.4, 0.5) is 9.59 Å². The molecule has 3 atom stereocenters. The van der Waals surface area contributed by atoms with Gasteiger partial charge >= 0.3 is 18.2 Å². The fraction of sp³-hybridized carbons (Fsp3) is 0.667. The monoisotopic (exact) mass is 668 g/mol. The van der Waals surface area contributed by atoms with Crippen molar-refractivity contribution in [2.45, 2.75) is 70.7 Å². The molecule has 46 heavy (non-hydrogen) atoms. The fourth-order valence-corrected chi connectivity index (χ4v) is 6.34. The van der Waals surface area contributed by atoms with Gasteiger partial charge in [-0.05, 0) is 51.3 Å². The SMILES string of the molecule is CCCCS(=O)(=O)NC(Cc1ccc(OCC2CN(C(CN3CCNCC3)C(=N)NC(=O)OC(C)(C)C)C(=O)O2)cc1)C(=O)OC. The lowest BCUT2D eigenvalue weighted by Crippen LogP contribution is -2.56. The van der Waals surface area contributed by atoms with E-state index in [9.17, 15) is 22.8 Å². The Labute approximate surface area is 271 Å². The number of hydrogen-bond donors (Lipinski definition) is 4. The Morgan fingerprint density at radius 3 is 2.46 bits per heavy atom. The van der Waals surface area contributed by atoms with Crippen LogP contribution in [0.15, 0.2) is 24.3 Å². The van der Waals surface area contributed by atoms with Crippen LogP contribution < -0.4 is 20.1 Å². The van der Waals surface area contributed by atoms with E-state index in [0.717, 1.165) is 26.2 Å². The van der Waals surface area contributed by atoms with Crippen molar-refractivity contribution in [3.63, 3.8) is 0 Å². The van der Waals surface area contributed by atoms with Crippen LogP contribution in [0.25, 0.3) is 0 Å². The highest BCUT2D eigenvalue weighted by molar-refractivity contribution is 7.89. The second-order valence-electron chi connectivity index (χ2n) is 12.3. The lowest BCUT2D eigenvalue weighted by molar-refractivity contribution is -0.142. The summed E-state index contributed by atoms with van der Waals surface area (Å²) in [4.78, 5) is 41.2. The molecule has 3 rings (SSSR count). The van der Waals surface area contributed by atoms with E-state index in [-0.39, 0.29) is 31.2 Å². The number of amidine groups is 1. The topological polar surface area (TPSA) is 189 Å². The van der Waals surface area contributed by atoms with Crippen molar-refractivity contribution in [2.24, 2.45) is 0 Å². The molecule has 16 heteroatoms. The first-order valence-electron chi connectivity index (χ1n) is 15.5. The number of amides is 2. The van der Waals surface area contributed by atoms with E-state index in [1.165, 1.54) is 12.0 Å². The highest BCUT2D eigenvalue weighted by Gasteiger charge is 2.40. The van der Waals surface area contributed by atoms with Crippen molar-refractivity contribution < 1.29 is 41.7 Å². The molecule has 0 saturated carbocycles. The molecule has 0 spiro atoms. The number of carbonyl (C=O) groups excluding carboxylic acids is 3. The van der Waals surface area contributed by atoms with Gasteiger partial charge in [0.15, 0.2) is 6.10 Å². The average Bonchev–Trinajstić information content (AvgIpc) is 3.36. The van der Waals surface area contributed by atoms with Crippen LogP contribution in [-0.2, 0) is 35.4 Å². The molecule has 0 radical (unpaired) electrons. The number of ether oxygens (including phenoxy) is 4. The number of benzene rings is 1. The Bertz CT molecular complexity index is 1300. The lowest BCUT2D eigenvalue weighted by Gasteiger charge is -2.34. The molecule has 2 aliphatic heterocycles. The minimum Gasteiger partial charge on any atom is -0.490 e. The number of nitrogens with one attached hydrogen (secondary N) is 4. The third-order valence-electron chi connectivity index (χ3n) is 7.26. The third kappa shape index (κ3) is 12.0. The molecule has 2 fully saturated rings. The first-order valence-corrected chi connectivity index (χ1v) is 17.1. The van der Waals surface area contributed by atoms with Gasteiger partial charge < -0.3 is 24.3 Å². The molecular formula is C30H48N6O9S. The molecule has 3 unspecified atom stereocenters. The zero-order chi connectivity index (χ0) is 33.9. The molecule has 2 heterocycles. The zero-order valence-corrected chi connectivity index (χ0v) is 28.1. The summed E-state index contributed by atoms with van der Waals surface area (Å²) < 4.78 is 48.7. The van der Waals surface area contributed by atoms with E-state index in [2.05, 4.69) is 20.3 Å². The molecule has 4 N–H and O–H groups in total. The van der Waals surface area contributed by atoms with Gasteiger partial charge in [0.1, 0.15) is 35.9 Å². The summed E-state index contributed by atoms with van der Waals surface area (Å²) in [5.41, 5.74) is -0.0633. The molecule has 1 aromatic carbocycles. The lowest BCUT2D eigenvalue weighted by atomic mass is 10.1. The number of esters is 1. The number of piperazine rings is 1. The molecular weight excluding hydrogens is 620 g/mol. The number of methoxy groups -OCH3 is 1. The predicted molar refractivity (Wildman–Crippen MR) is 170 cm³/mol. The second kappa shape index (κ2) is 16.9. The smallest absolute Gasteiger partial charge is 0.413 e. The van der Waals surface area contributed by atoms with Gasteiger partial charge in [0.05, 0.1) is 19.4 Å². The normalized spacial score (nSPS) is 18.8. The number of carbonyl (C=O) groups is 3. The Kier molecular flexibility index (Phi) is 13.6. The van der Waals surface area contributed by atoms with Crippen molar-refractivity contribution in [1.29, 1.82) is 5.41 Å². The number of unbranched alkanes of at least 4 members (excludes halogenated alkanes) is 1. The maximum absolute atomic E-state index is 13.0. The quantitative estimate of drug-likeness (QED) is 0.0917. The molecule has 0 aliphatic carbocycles. The van der Waals surface area contributed by atoms with Crippen LogP contribution in [0.2, 0.25) is 0 Å². The van der Waals surface area contributed by atoms with Crippen molar-refractivity contribution in [3.05, 3.63) is 29.8 Å². The van der Waals surface area contributed by atoms with Crippen LogP contribution in [0.1, 0.15) is 46.1 Å². The van der Waals surface area contributed by atoms with Gasteiger partial charge in [-0.25, -0.2) is 22.7 Å². The van der Waals surface area contributed by atoms with E-state index >= 15 is 0 Å². The number of cyclic esters (lactones) is 1. The molecule has 1 aromatic rings. The third-order valence-corrected chi connectivity index (χ3v) is 8.73. The van der Waals surface area contributed by atoms with Gasteiger partial charge in [-0.3, -0.25) is 25.3 Å². The van der Waals surface area contributed by atoms with Gasteiger partial charge in [-0.15, -0.1) is 0 Å². The van der Waals surface area contributed by atoms with Crippen molar-refractivity contribution in [3.8, 4) is 5.75 Å². The van der Waals surface area contributed by atoms with Crippen LogP contribution in [0.3, 0.4) is 0 Å². The van der Waals surface area contributed by atoms with Gasteiger partial charge in [0.25, 0.3) is 0 Å². The van der Waals surface area contributed by atoms with Gasteiger partial charge in [0, 0.05) is 32.7 Å². The highest BCUT2D eigenvalue weighted by atomic mass is 32.2. The van der Waals surface area contributed by atoms with Crippen molar-refractivity contribution >= 4 is 34.0 Å². The van der Waals surface area contributed by atoms with E-state index < -0.39 is 52.0 Å². The zero-order valence-electron chi connectivity index (χ0n) is 27.3. The number of rotatable bonds is 15. The molecule has 258 valence electrons. The number of sulfonamides is 1. The summed E-state index contributed by atoms with van der Waals surface area (Å²) in [6.07, 6.45) is -0.749. The highest BCUT2D eigenvalue weighted by Crippen LogP contribution is 2.20. The van der Waals surface area contributed by atoms with Crippen molar-refractivity contribution in [2.75, 3.05) is 58.7 Å². The largest absolute Gasteiger partial charge is 0.490 e. The summed E-state index contributed by atoms with van der Waals surface area (Å²) in [5, 5.41) is 14.4. The number of nitrogens with zero attached hydrogens (tertiary/aromatic N) is 2. The molecule has 0 bridgehead atoms. The standard InChI is InChI=1S/C30H48N6O9S/c1-6-7-16-46(40,41)34-24(27(37)42-5)17-21-8-10-22(11-9-21)43-20-23-18-36(29(39)44-23)25(19-35-14-12-32-13-15-35)26(31)33-28(38)45-30(2,3)4/h8-11,23-25,32,34H,6-7,12-20H2,1-5H3,(H2,31,33,38). The van der Waals surface area contributed by atoms with E-state index in [4.69, 9.17) is 24.4 Å². The Balaban J connectivity index is 1.60. The Morgan fingerprint density at radius 1 is 1.17 bits per heavy atom. The summed E-state index contributed by atoms with van der Waals surface area (Å²) >= 11 is 0. The van der Waals surface area contributed by atoms with E-state index in [1.807, 2.05) is 6.92 Å². The first kappa shape index (κ1) is 37.0. The average molecular weight is 669 g/mol. The van der Waals surface area contributed by atoms with Gasteiger partial charge in [-0.2, -0.15) is 0 Å². The first-order chi connectivity index (χ1) is 21.7. The van der Waals surface area contributed by atoms with Crippen LogP contribution in [-0.4, -0.2) is 125 Å². The number of alkyl carbamates (subject to hydrolysis) is 1. The molecule has 0 aromatic heterocycles. The maximum atomic E-state index is 13.0. The summed E-state index contributed by atoms with van der Waals surface area (Å²) in [6.45, 7) is 10.6. The predicted octanol–water partition coefficient (Wildman–Crippen LogP) is 1.47. The van der Waals surface area contributed by atoms with E-state index in [0.29, 0.717) is 30.7 Å². The minimum atomic E-state index is -3.65. The summed E-state index contributed by atoms with van der Waals surface area (Å²) in [6, 6.07) is 4.94. The maximum Gasteiger partial charge on any atom is 0.413 e. The second-order valence-corrected chi connectivity index (χ2v) is 14.2. The van der Waals surface area contributed by atoms with Gasteiger partial charge in [-0.1, -0.05) is 25.5 Å². The summed E-state index contributed by atoms with van der Waals surface area (Å²) in [7, 11) is -2.45. The van der Waals surface area contributed by atoms with Gasteiger partial charge in [0.2, 0.25) is 10.0 Å². The Hall–Kier alpha value is -3.47. The molecule has 2 aliphatic rings. The van der Waals surface area contributed by atoms with Crippen LogP contribution >= 0.6 is 0 Å². The van der Waals surface area contributed by atoms with E-state index in [1.54, 1.807) is 45.0 Å². The molecule has 2 saturated heterocycles. The van der Waals surface area contributed by atoms with Crippen molar-refractivity contribution in [1.82, 2.24) is 25.2 Å². The fourth-order valence-electron chi connectivity index (χ4n) is 4.94. The summed E-state index contributed by atoms with van der Waals surface area (Å²) in [5.74, 6) is -0.448. The minimum absolute atomic E-state index is 0.0385. The number of hydrogen-bond acceptors (Lipinski definition) is 12. The molecule has 2 amide bonds.